The van der Waals surface area contributed by atoms with E-state index in [1.54, 1.807) is 6.07 Å². The molecule has 31 heavy (non-hydrogen) atoms. The number of hydrogen-bond acceptors (Lipinski definition) is 6. The first-order valence-electron chi connectivity index (χ1n) is 10.5. The van der Waals surface area contributed by atoms with Gasteiger partial charge in [0.1, 0.15) is 24.9 Å². The van der Waals surface area contributed by atoms with Crippen molar-refractivity contribution >= 4 is 15.7 Å². The van der Waals surface area contributed by atoms with Crippen LogP contribution in [0.3, 0.4) is 0 Å². The van der Waals surface area contributed by atoms with Crippen molar-refractivity contribution in [1.29, 1.82) is 0 Å². The summed E-state index contributed by atoms with van der Waals surface area (Å²) < 4.78 is 41.5. The third-order valence-electron chi connectivity index (χ3n) is 5.80. The van der Waals surface area contributed by atoms with Gasteiger partial charge in [-0.15, -0.1) is 10.2 Å². The van der Waals surface area contributed by atoms with Crippen LogP contribution >= 0.6 is 0 Å². The lowest BCUT2D eigenvalue weighted by molar-refractivity contribution is 0.171. The van der Waals surface area contributed by atoms with E-state index in [-0.39, 0.29) is 4.90 Å². The van der Waals surface area contributed by atoms with Crippen molar-refractivity contribution in [1.82, 2.24) is 14.8 Å². The van der Waals surface area contributed by atoms with Gasteiger partial charge in [0.2, 0.25) is 0 Å². The molecule has 0 unspecified atom stereocenters. The molecular weight excluding hydrogens is 416 g/mol. The molecule has 3 heterocycles. The number of aryl methyl sites for hydroxylation is 2. The normalized spacial score (nSPS) is 17.8. The Morgan fingerprint density at radius 2 is 1.84 bits per heavy atom. The van der Waals surface area contributed by atoms with Gasteiger partial charge in [0, 0.05) is 37.1 Å². The lowest BCUT2D eigenvalue weighted by atomic mass is 9.91. The first-order chi connectivity index (χ1) is 15.0. The fraction of sp³-hybridized carbons (Fsp3) is 0.364. The molecule has 0 amide bonds. The molecule has 0 saturated heterocycles. The van der Waals surface area contributed by atoms with Gasteiger partial charge in [0.05, 0.1) is 4.90 Å². The van der Waals surface area contributed by atoms with Gasteiger partial charge in [-0.25, -0.2) is 8.42 Å². The average Bonchev–Trinajstić information content (AvgIpc) is 3.21. The highest BCUT2D eigenvalue weighted by Crippen LogP contribution is 2.33. The molecule has 5 rings (SSSR count). The number of nitrogens with zero attached hydrogens (tertiary/aromatic N) is 3. The number of nitrogens with one attached hydrogen (secondary N) is 1. The fourth-order valence-electron chi connectivity index (χ4n) is 4.14. The van der Waals surface area contributed by atoms with Crippen LogP contribution in [0.15, 0.2) is 47.4 Å². The summed E-state index contributed by atoms with van der Waals surface area (Å²) in [6.45, 7) is 3.81. The molecular formula is C22H24N4O4S. The van der Waals surface area contributed by atoms with Crippen molar-refractivity contribution in [3.63, 3.8) is 0 Å². The van der Waals surface area contributed by atoms with Gasteiger partial charge in [0.15, 0.2) is 11.5 Å². The van der Waals surface area contributed by atoms with Crippen molar-refractivity contribution < 1.29 is 17.9 Å². The second kappa shape index (κ2) is 7.88. The van der Waals surface area contributed by atoms with Crippen LogP contribution in [0, 0.1) is 0 Å². The highest BCUT2D eigenvalue weighted by molar-refractivity contribution is 7.92. The van der Waals surface area contributed by atoms with Crippen molar-refractivity contribution in [3.05, 3.63) is 59.7 Å². The number of aromatic nitrogens is 3. The lowest BCUT2D eigenvalue weighted by Gasteiger charge is -2.25. The fourth-order valence-corrected chi connectivity index (χ4v) is 5.22. The Balaban J connectivity index is 1.31. The van der Waals surface area contributed by atoms with Crippen LogP contribution in [0.25, 0.3) is 0 Å². The monoisotopic (exact) mass is 440 g/mol. The summed E-state index contributed by atoms with van der Waals surface area (Å²) in [4.78, 5) is 0.139. The van der Waals surface area contributed by atoms with Crippen LogP contribution in [-0.2, 0) is 29.4 Å². The predicted octanol–water partition coefficient (Wildman–Crippen LogP) is 3.14. The highest BCUT2D eigenvalue weighted by atomic mass is 32.2. The minimum absolute atomic E-state index is 0.139. The zero-order valence-electron chi connectivity index (χ0n) is 17.2. The van der Waals surface area contributed by atoms with E-state index >= 15 is 0 Å². The Bertz CT molecular complexity index is 1190. The van der Waals surface area contributed by atoms with Crippen molar-refractivity contribution in [3.8, 4) is 11.5 Å². The summed E-state index contributed by atoms with van der Waals surface area (Å²) in [6, 6.07) is 12.3. The number of sulfonamides is 1. The smallest absolute Gasteiger partial charge is 0.262 e. The largest absolute Gasteiger partial charge is 0.486 e. The Hall–Kier alpha value is -3.07. The van der Waals surface area contributed by atoms with E-state index in [0.29, 0.717) is 36.3 Å². The third-order valence-corrected chi connectivity index (χ3v) is 7.18. The maximum atomic E-state index is 12.8. The van der Waals surface area contributed by atoms with Gasteiger partial charge < -0.3 is 14.0 Å². The van der Waals surface area contributed by atoms with E-state index in [9.17, 15) is 8.42 Å². The molecule has 2 aliphatic rings. The molecule has 0 radical (unpaired) electrons. The van der Waals surface area contributed by atoms with Crippen molar-refractivity contribution in [2.45, 2.75) is 43.5 Å². The molecule has 0 saturated carbocycles. The summed E-state index contributed by atoms with van der Waals surface area (Å²) in [5.41, 5.74) is 1.71. The molecule has 1 N–H and O–H groups in total. The molecule has 2 aromatic carbocycles. The van der Waals surface area contributed by atoms with Crippen molar-refractivity contribution in [2.24, 2.45) is 0 Å². The van der Waals surface area contributed by atoms with E-state index in [1.807, 2.05) is 24.3 Å². The number of fused-ring (bicyclic) bond motifs is 2. The number of ether oxygens (including phenoxy) is 2. The Morgan fingerprint density at radius 3 is 2.61 bits per heavy atom. The van der Waals surface area contributed by atoms with Crippen LogP contribution < -0.4 is 14.2 Å². The molecule has 0 spiro atoms. The van der Waals surface area contributed by atoms with Crippen LogP contribution in [-0.4, -0.2) is 36.4 Å². The average molecular weight is 441 g/mol. The summed E-state index contributed by atoms with van der Waals surface area (Å²) in [7, 11) is -3.73. The van der Waals surface area contributed by atoms with Gasteiger partial charge in [0.25, 0.3) is 10.0 Å². The van der Waals surface area contributed by atoms with Gasteiger partial charge in [-0.2, -0.15) is 0 Å². The maximum absolute atomic E-state index is 12.8. The molecule has 162 valence electrons. The van der Waals surface area contributed by atoms with E-state index in [0.717, 1.165) is 37.5 Å². The summed E-state index contributed by atoms with van der Waals surface area (Å²) in [5, 5.41) is 8.56. The molecule has 0 aliphatic carbocycles. The second-order valence-electron chi connectivity index (χ2n) is 7.77. The molecule has 8 nitrogen and oxygen atoms in total. The number of benzene rings is 2. The van der Waals surface area contributed by atoms with E-state index in [2.05, 4.69) is 26.4 Å². The van der Waals surface area contributed by atoms with Gasteiger partial charge in [-0.05, 0) is 36.2 Å². The molecule has 9 heteroatoms. The summed E-state index contributed by atoms with van der Waals surface area (Å²) >= 11 is 0. The molecule has 0 bridgehead atoms. The van der Waals surface area contributed by atoms with E-state index in [1.165, 1.54) is 17.7 Å². The van der Waals surface area contributed by atoms with Gasteiger partial charge in [-0.3, -0.25) is 4.72 Å². The molecule has 2 aliphatic heterocycles. The predicted molar refractivity (Wildman–Crippen MR) is 115 cm³/mol. The van der Waals surface area contributed by atoms with Crippen LogP contribution in [0.5, 0.6) is 11.5 Å². The molecule has 1 aromatic heterocycles. The van der Waals surface area contributed by atoms with Gasteiger partial charge >= 0.3 is 0 Å². The number of anilines is 1. The topological polar surface area (TPSA) is 95.3 Å². The zero-order valence-corrected chi connectivity index (χ0v) is 18.1. The lowest BCUT2D eigenvalue weighted by Crippen LogP contribution is -2.20. The quantitative estimate of drug-likeness (QED) is 0.655. The second-order valence-corrected chi connectivity index (χ2v) is 9.45. The molecule has 3 aromatic rings. The summed E-state index contributed by atoms with van der Waals surface area (Å²) in [6.07, 6.45) is 2.76. The molecule has 1 atom stereocenters. The zero-order chi connectivity index (χ0) is 21.4. The maximum Gasteiger partial charge on any atom is 0.262 e. The Kier molecular flexibility index (Phi) is 5.05. The SMILES string of the molecule is CCc1nnc2n1C[C@H](c1ccc(NS(=O)(=O)c3ccc4c(c3)OCCO4)cc1)CC2. The van der Waals surface area contributed by atoms with E-state index < -0.39 is 10.0 Å². The third kappa shape index (κ3) is 3.85. The first kappa shape index (κ1) is 19.9. The number of rotatable bonds is 5. The molecule has 0 fully saturated rings. The first-order valence-corrected chi connectivity index (χ1v) is 11.9. The Morgan fingerprint density at radius 1 is 1.06 bits per heavy atom. The minimum Gasteiger partial charge on any atom is -0.486 e. The highest BCUT2D eigenvalue weighted by Gasteiger charge is 2.24. The summed E-state index contributed by atoms with van der Waals surface area (Å²) in [5.74, 6) is 3.43. The minimum atomic E-state index is -3.73. The standard InChI is InChI=1S/C22H24N4O4S/c1-2-21-23-24-22-10-5-16(14-26(21)22)15-3-6-17(7-4-15)25-31(27,28)18-8-9-19-20(13-18)30-12-11-29-19/h3-4,6-9,13,16,25H,2,5,10-12,14H2,1H3/t16-/m1/s1. The van der Waals surface area contributed by atoms with E-state index in [4.69, 9.17) is 9.47 Å². The number of hydrogen-bond donors (Lipinski definition) is 1. The van der Waals surface area contributed by atoms with Crippen LogP contribution in [0.1, 0.15) is 36.5 Å². The Labute approximate surface area is 181 Å². The van der Waals surface area contributed by atoms with Crippen LogP contribution in [0.4, 0.5) is 5.69 Å². The van der Waals surface area contributed by atoms with Gasteiger partial charge in [-0.1, -0.05) is 19.1 Å². The van der Waals surface area contributed by atoms with Crippen LogP contribution in [0.2, 0.25) is 0 Å². The van der Waals surface area contributed by atoms with Crippen molar-refractivity contribution in [2.75, 3.05) is 17.9 Å².